The number of carbonyl (C=O) groups is 2. The highest BCUT2D eigenvalue weighted by molar-refractivity contribution is 6.03. The van der Waals surface area contributed by atoms with Gasteiger partial charge in [0.2, 0.25) is 5.91 Å². The smallest absolute Gasteiger partial charge is 0.336 e. The molecule has 1 aromatic carbocycles. The number of hydrogen-bond donors (Lipinski definition) is 3. The molecule has 7 nitrogen and oxygen atoms in total. The number of likely N-dealkylation sites (tertiary alicyclic amines) is 1. The molecule has 0 unspecified atom stereocenters. The molecule has 2 heterocycles. The summed E-state index contributed by atoms with van der Waals surface area (Å²) in [6.45, 7) is 4.77. The number of ether oxygens (including phenoxy) is 1. The summed E-state index contributed by atoms with van der Waals surface area (Å²) in [5.41, 5.74) is 7.24. The molecule has 0 radical (unpaired) electrons. The minimum atomic E-state index is -1.05. The monoisotopic (exact) mass is 427 g/mol. The Balaban J connectivity index is 1.53. The van der Waals surface area contributed by atoms with Gasteiger partial charge in [0.25, 0.3) is 0 Å². The summed E-state index contributed by atoms with van der Waals surface area (Å²) in [5, 5.41) is 13.0. The van der Waals surface area contributed by atoms with E-state index in [0.717, 1.165) is 50.8 Å². The minimum absolute atomic E-state index is 0.0439. The number of carboxylic acids is 1. The first kappa shape index (κ1) is 21.5. The number of rotatable bonds is 5. The number of nitrogens with one attached hydrogen (secondary N) is 1. The van der Waals surface area contributed by atoms with Crippen molar-refractivity contribution in [3.8, 4) is 5.75 Å². The summed E-state index contributed by atoms with van der Waals surface area (Å²) in [5.74, 6) is -0.0666. The summed E-state index contributed by atoms with van der Waals surface area (Å²) in [7, 11) is 0. The van der Waals surface area contributed by atoms with Gasteiger partial charge in [0.15, 0.2) is 0 Å². The molecule has 0 spiro atoms. The predicted octanol–water partition coefficient (Wildman–Crippen LogP) is 3.60. The lowest BCUT2D eigenvalue weighted by molar-refractivity contribution is -0.138. The van der Waals surface area contributed by atoms with Crippen molar-refractivity contribution < 1.29 is 19.4 Å². The van der Waals surface area contributed by atoms with Crippen molar-refractivity contribution in [1.29, 1.82) is 0 Å². The van der Waals surface area contributed by atoms with Crippen molar-refractivity contribution in [2.24, 2.45) is 11.7 Å². The van der Waals surface area contributed by atoms with Gasteiger partial charge in [-0.15, -0.1) is 0 Å². The van der Waals surface area contributed by atoms with Gasteiger partial charge in [-0.05, 0) is 51.7 Å². The van der Waals surface area contributed by atoms with Crippen molar-refractivity contribution in [2.75, 3.05) is 18.5 Å². The lowest BCUT2D eigenvalue weighted by Gasteiger charge is -2.36. The molecule has 1 saturated carbocycles. The molecule has 7 heteroatoms. The van der Waals surface area contributed by atoms with Gasteiger partial charge in [-0.2, -0.15) is 0 Å². The molecule has 1 saturated heterocycles. The van der Waals surface area contributed by atoms with E-state index in [1.807, 2.05) is 23.1 Å². The first-order valence-electron chi connectivity index (χ1n) is 11.4. The normalized spacial score (nSPS) is 23.3. The third-order valence-corrected chi connectivity index (χ3v) is 6.90. The molecule has 1 aliphatic carbocycles. The van der Waals surface area contributed by atoms with E-state index in [0.29, 0.717) is 17.9 Å². The van der Waals surface area contributed by atoms with Crippen LogP contribution in [0.25, 0.3) is 5.70 Å². The number of benzene rings is 1. The Morgan fingerprint density at radius 2 is 1.94 bits per heavy atom. The van der Waals surface area contributed by atoms with Crippen LogP contribution in [-0.2, 0) is 9.59 Å². The van der Waals surface area contributed by atoms with Crippen LogP contribution < -0.4 is 15.8 Å². The van der Waals surface area contributed by atoms with E-state index in [2.05, 4.69) is 5.32 Å². The fourth-order valence-electron chi connectivity index (χ4n) is 5.35. The van der Waals surface area contributed by atoms with Crippen LogP contribution in [0.1, 0.15) is 64.4 Å². The van der Waals surface area contributed by atoms with E-state index in [1.54, 1.807) is 13.8 Å². The molecule has 0 aromatic heterocycles. The number of amides is 1. The number of carboxylic acid groups (broad SMARTS) is 1. The first-order chi connectivity index (χ1) is 14.8. The van der Waals surface area contributed by atoms with Gasteiger partial charge >= 0.3 is 5.97 Å². The summed E-state index contributed by atoms with van der Waals surface area (Å²) >= 11 is 0. The zero-order chi connectivity index (χ0) is 22.2. The largest absolute Gasteiger partial charge is 0.491 e. The van der Waals surface area contributed by atoms with Crippen molar-refractivity contribution in [1.82, 2.24) is 4.90 Å². The average molecular weight is 428 g/mol. The Kier molecular flexibility index (Phi) is 5.86. The van der Waals surface area contributed by atoms with Crippen molar-refractivity contribution in [3.63, 3.8) is 0 Å². The maximum absolute atomic E-state index is 13.1. The Bertz CT molecular complexity index is 902. The van der Waals surface area contributed by atoms with Gasteiger partial charge < -0.3 is 25.8 Å². The molecule has 1 amide bonds. The van der Waals surface area contributed by atoms with Crippen LogP contribution in [0, 0.1) is 5.92 Å². The molecule has 3 aliphatic rings. The second kappa shape index (κ2) is 8.44. The molecule has 2 aliphatic heterocycles. The number of nitrogens with two attached hydrogens (primary N) is 1. The molecule has 1 aromatic rings. The van der Waals surface area contributed by atoms with Crippen molar-refractivity contribution in [3.05, 3.63) is 29.3 Å². The Morgan fingerprint density at radius 1 is 1.19 bits per heavy atom. The maximum Gasteiger partial charge on any atom is 0.336 e. The number of nitrogens with zero attached hydrogens (tertiary/aromatic N) is 1. The molecule has 4 rings (SSSR count). The van der Waals surface area contributed by atoms with Crippen LogP contribution in [0.3, 0.4) is 0 Å². The average Bonchev–Trinajstić information content (AvgIpc) is 3.19. The van der Waals surface area contributed by atoms with Crippen LogP contribution in [0.5, 0.6) is 5.75 Å². The Morgan fingerprint density at radius 3 is 2.65 bits per heavy atom. The van der Waals surface area contributed by atoms with Crippen LogP contribution in [0.15, 0.2) is 23.8 Å². The standard InChI is InChI=1S/C24H33N3O4/c1-24(2)20(23(29)30)21(25)19-17(26-24)11-6-12-18(19)31-14-16-10-7-13-27(16)22(28)15-8-4-3-5-9-15/h6,11-12,15-16,26H,3-5,7-10,13-14,25H2,1-2H3,(H,29,30)/t16-/m1/s1. The lowest BCUT2D eigenvalue weighted by Crippen LogP contribution is -2.43. The highest BCUT2D eigenvalue weighted by atomic mass is 16.5. The summed E-state index contributed by atoms with van der Waals surface area (Å²) in [6.07, 6.45) is 7.41. The molecule has 168 valence electrons. The number of anilines is 1. The topological polar surface area (TPSA) is 105 Å². The van der Waals surface area contributed by atoms with Crippen molar-refractivity contribution in [2.45, 2.75) is 70.4 Å². The molecular formula is C24H33N3O4. The van der Waals surface area contributed by atoms with Crippen molar-refractivity contribution >= 4 is 23.3 Å². The van der Waals surface area contributed by atoms with E-state index in [4.69, 9.17) is 10.5 Å². The number of carbonyl (C=O) groups excluding carboxylic acids is 1. The SMILES string of the molecule is CC1(C)Nc2cccc(OC[C@H]3CCCN3C(=O)C3CCCCC3)c2C(N)=C1C(=O)O. The Hall–Kier alpha value is -2.70. The first-order valence-corrected chi connectivity index (χ1v) is 11.4. The molecule has 0 bridgehead atoms. The summed E-state index contributed by atoms with van der Waals surface area (Å²) in [6, 6.07) is 5.61. The highest BCUT2D eigenvalue weighted by Crippen LogP contribution is 2.41. The number of hydrogen-bond acceptors (Lipinski definition) is 5. The summed E-state index contributed by atoms with van der Waals surface area (Å²) in [4.78, 5) is 26.9. The van der Waals surface area contributed by atoms with E-state index in [-0.39, 0.29) is 29.1 Å². The third-order valence-electron chi connectivity index (χ3n) is 6.90. The van der Waals surface area contributed by atoms with E-state index >= 15 is 0 Å². The van der Waals surface area contributed by atoms with Crippen LogP contribution in [-0.4, -0.2) is 46.6 Å². The predicted molar refractivity (Wildman–Crippen MR) is 120 cm³/mol. The second-order valence-electron chi connectivity index (χ2n) is 9.50. The third kappa shape index (κ3) is 4.10. The van der Waals surface area contributed by atoms with Gasteiger partial charge in [0.1, 0.15) is 12.4 Å². The van der Waals surface area contributed by atoms with E-state index < -0.39 is 11.5 Å². The molecule has 4 N–H and O–H groups in total. The summed E-state index contributed by atoms with van der Waals surface area (Å²) < 4.78 is 6.18. The highest BCUT2D eigenvalue weighted by Gasteiger charge is 2.38. The molecule has 1 atom stereocenters. The van der Waals surface area contributed by atoms with E-state index in [1.165, 1.54) is 6.42 Å². The van der Waals surface area contributed by atoms with Gasteiger partial charge in [-0.1, -0.05) is 25.3 Å². The lowest BCUT2D eigenvalue weighted by atomic mass is 9.85. The van der Waals surface area contributed by atoms with E-state index in [9.17, 15) is 14.7 Å². The minimum Gasteiger partial charge on any atom is -0.491 e. The van der Waals surface area contributed by atoms with Gasteiger partial charge in [-0.25, -0.2) is 4.79 Å². The van der Waals surface area contributed by atoms with Gasteiger partial charge in [0, 0.05) is 18.2 Å². The molecular weight excluding hydrogens is 394 g/mol. The second-order valence-corrected chi connectivity index (χ2v) is 9.50. The Labute approximate surface area is 183 Å². The fourth-order valence-corrected chi connectivity index (χ4v) is 5.35. The zero-order valence-electron chi connectivity index (χ0n) is 18.4. The zero-order valence-corrected chi connectivity index (χ0v) is 18.4. The van der Waals surface area contributed by atoms with Crippen LogP contribution in [0.2, 0.25) is 0 Å². The molecule has 31 heavy (non-hydrogen) atoms. The van der Waals surface area contributed by atoms with Crippen LogP contribution >= 0.6 is 0 Å². The fraction of sp³-hybridized carbons (Fsp3) is 0.583. The van der Waals surface area contributed by atoms with Crippen LogP contribution in [0.4, 0.5) is 5.69 Å². The quantitative estimate of drug-likeness (QED) is 0.663. The van der Waals surface area contributed by atoms with Gasteiger partial charge in [0.05, 0.1) is 28.4 Å². The number of fused-ring (bicyclic) bond motifs is 1. The maximum atomic E-state index is 13.1. The molecule has 2 fully saturated rings. The van der Waals surface area contributed by atoms with Gasteiger partial charge in [-0.3, -0.25) is 4.79 Å². The number of aliphatic carboxylic acids is 1.